The SMILES string of the molecule is CCNC(CCN1CCOC(CC)C1)c1ccccc1C. The number of hydrogen-bond acceptors (Lipinski definition) is 3. The minimum absolute atomic E-state index is 0.426. The molecule has 3 nitrogen and oxygen atoms in total. The number of nitrogens with zero attached hydrogens (tertiary/aromatic N) is 1. The number of aryl methyl sites for hydroxylation is 1. The number of nitrogens with one attached hydrogen (secondary N) is 1. The van der Waals surface area contributed by atoms with Crippen LogP contribution in [0.3, 0.4) is 0 Å². The van der Waals surface area contributed by atoms with Crippen LogP contribution < -0.4 is 5.32 Å². The van der Waals surface area contributed by atoms with Crippen molar-refractivity contribution in [2.24, 2.45) is 0 Å². The zero-order valence-electron chi connectivity index (χ0n) is 13.8. The third kappa shape index (κ3) is 4.80. The molecular weight excluding hydrogens is 260 g/mol. The minimum atomic E-state index is 0.426. The summed E-state index contributed by atoms with van der Waals surface area (Å²) in [6.07, 6.45) is 2.70. The van der Waals surface area contributed by atoms with Crippen molar-refractivity contribution in [1.29, 1.82) is 0 Å². The first-order chi connectivity index (χ1) is 10.2. The van der Waals surface area contributed by atoms with E-state index in [0.29, 0.717) is 12.1 Å². The molecule has 0 aliphatic carbocycles. The second-order valence-corrected chi connectivity index (χ2v) is 5.96. The normalized spacial score (nSPS) is 21.4. The fraction of sp³-hybridized carbons (Fsp3) is 0.667. The zero-order valence-corrected chi connectivity index (χ0v) is 13.8. The van der Waals surface area contributed by atoms with Gasteiger partial charge in [-0.3, -0.25) is 4.90 Å². The Labute approximate surface area is 129 Å². The van der Waals surface area contributed by atoms with E-state index in [1.165, 1.54) is 11.1 Å². The molecule has 1 fully saturated rings. The van der Waals surface area contributed by atoms with Crippen LogP contribution in [-0.4, -0.2) is 43.8 Å². The Morgan fingerprint density at radius 1 is 1.33 bits per heavy atom. The quantitative estimate of drug-likeness (QED) is 0.835. The van der Waals surface area contributed by atoms with E-state index < -0.39 is 0 Å². The average molecular weight is 290 g/mol. The molecular formula is C18H30N2O. The molecule has 2 unspecified atom stereocenters. The molecule has 0 amide bonds. The lowest BCUT2D eigenvalue weighted by molar-refractivity contribution is -0.0305. The summed E-state index contributed by atoms with van der Waals surface area (Å²) in [7, 11) is 0. The Morgan fingerprint density at radius 3 is 2.86 bits per heavy atom. The van der Waals surface area contributed by atoms with E-state index >= 15 is 0 Å². The number of morpholine rings is 1. The van der Waals surface area contributed by atoms with E-state index in [9.17, 15) is 0 Å². The number of benzene rings is 1. The van der Waals surface area contributed by atoms with Crippen molar-refractivity contribution in [1.82, 2.24) is 10.2 Å². The molecule has 0 aromatic heterocycles. The highest BCUT2D eigenvalue weighted by atomic mass is 16.5. The van der Waals surface area contributed by atoms with Gasteiger partial charge in [0.15, 0.2) is 0 Å². The van der Waals surface area contributed by atoms with Gasteiger partial charge < -0.3 is 10.1 Å². The topological polar surface area (TPSA) is 24.5 Å². The summed E-state index contributed by atoms with van der Waals surface area (Å²) in [6, 6.07) is 9.20. The molecule has 2 atom stereocenters. The van der Waals surface area contributed by atoms with Crippen LogP contribution in [0, 0.1) is 6.92 Å². The highest BCUT2D eigenvalue weighted by molar-refractivity contribution is 5.28. The van der Waals surface area contributed by atoms with Crippen LogP contribution in [0.15, 0.2) is 24.3 Å². The van der Waals surface area contributed by atoms with Crippen molar-refractivity contribution in [3.8, 4) is 0 Å². The molecule has 21 heavy (non-hydrogen) atoms. The summed E-state index contributed by atoms with van der Waals surface area (Å²) in [5.41, 5.74) is 2.83. The lowest BCUT2D eigenvalue weighted by Crippen LogP contribution is -2.43. The third-order valence-electron chi connectivity index (χ3n) is 4.43. The van der Waals surface area contributed by atoms with Crippen LogP contribution in [0.25, 0.3) is 0 Å². The molecule has 1 N–H and O–H groups in total. The molecule has 3 heteroatoms. The molecule has 0 spiro atoms. The summed E-state index contributed by atoms with van der Waals surface area (Å²) in [5.74, 6) is 0. The van der Waals surface area contributed by atoms with E-state index in [4.69, 9.17) is 4.74 Å². The van der Waals surface area contributed by atoms with Crippen LogP contribution >= 0.6 is 0 Å². The van der Waals surface area contributed by atoms with Gasteiger partial charge in [-0.1, -0.05) is 38.1 Å². The van der Waals surface area contributed by atoms with Gasteiger partial charge in [0.1, 0.15) is 0 Å². The van der Waals surface area contributed by atoms with Crippen molar-refractivity contribution < 1.29 is 4.74 Å². The summed E-state index contributed by atoms with van der Waals surface area (Å²) in [6.45, 7) is 11.8. The van der Waals surface area contributed by atoms with Gasteiger partial charge >= 0.3 is 0 Å². The first kappa shape index (κ1) is 16.5. The van der Waals surface area contributed by atoms with Crippen molar-refractivity contribution in [2.75, 3.05) is 32.8 Å². The molecule has 0 saturated carbocycles. The highest BCUT2D eigenvalue weighted by Gasteiger charge is 2.20. The fourth-order valence-corrected chi connectivity index (χ4v) is 3.13. The lowest BCUT2D eigenvalue weighted by atomic mass is 9.98. The van der Waals surface area contributed by atoms with Gasteiger partial charge in [0.2, 0.25) is 0 Å². The van der Waals surface area contributed by atoms with Crippen molar-refractivity contribution in [2.45, 2.75) is 45.8 Å². The Hall–Kier alpha value is -0.900. The van der Waals surface area contributed by atoms with Gasteiger partial charge in [0.25, 0.3) is 0 Å². The van der Waals surface area contributed by atoms with Crippen molar-refractivity contribution >= 4 is 0 Å². The van der Waals surface area contributed by atoms with Crippen LogP contribution in [0.5, 0.6) is 0 Å². The molecule has 0 radical (unpaired) electrons. The van der Waals surface area contributed by atoms with E-state index in [1.54, 1.807) is 0 Å². The van der Waals surface area contributed by atoms with Crippen molar-refractivity contribution in [3.63, 3.8) is 0 Å². The molecule has 1 aliphatic heterocycles. The summed E-state index contributed by atoms with van der Waals surface area (Å²) >= 11 is 0. The average Bonchev–Trinajstić information content (AvgIpc) is 2.52. The molecule has 1 aromatic carbocycles. The third-order valence-corrected chi connectivity index (χ3v) is 4.43. The fourth-order valence-electron chi connectivity index (χ4n) is 3.13. The zero-order chi connectivity index (χ0) is 15.1. The Bertz CT molecular complexity index is 421. The summed E-state index contributed by atoms with van der Waals surface area (Å²) in [4.78, 5) is 2.56. The molecule has 1 heterocycles. The van der Waals surface area contributed by atoms with Crippen LogP contribution in [-0.2, 0) is 4.74 Å². The molecule has 1 saturated heterocycles. The van der Waals surface area contributed by atoms with E-state index in [1.807, 2.05) is 0 Å². The second-order valence-electron chi connectivity index (χ2n) is 5.96. The van der Waals surface area contributed by atoms with Gasteiger partial charge in [-0.25, -0.2) is 0 Å². The standard InChI is InChI=1S/C18H30N2O/c1-4-16-14-20(12-13-21-16)11-10-18(19-5-2)17-9-7-6-8-15(17)3/h6-9,16,18-19H,4-5,10-14H2,1-3H3. The predicted octanol–water partition coefficient (Wildman–Crippen LogP) is 3.15. The number of hydrogen-bond donors (Lipinski definition) is 1. The minimum Gasteiger partial charge on any atom is -0.376 e. The Kier molecular flexibility index (Phi) is 6.68. The molecule has 2 rings (SSSR count). The highest BCUT2D eigenvalue weighted by Crippen LogP contribution is 2.21. The van der Waals surface area contributed by atoms with Gasteiger partial charge in [-0.15, -0.1) is 0 Å². The monoisotopic (exact) mass is 290 g/mol. The first-order valence-corrected chi connectivity index (χ1v) is 8.37. The predicted molar refractivity (Wildman–Crippen MR) is 88.7 cm³/mol. The van der Waals surface area contributed by atoms with E-state index in [-0.39, 0.29) is 0 Å². The van der Waals surface area contributed by atoms with E-state index in [0.717, 1.165) is 45.6 Å². The number of ether oxygens (including phenoxy) is 1. The van der Waals surface area contributed by atoms with Crippen LogP contribution in [0.2, 0.25) is 0 Å². The molecule has 118 valence electrons. The number of rotatable bonds is 7. The van der Waals surface area contributed by atoms with Gasteiger partial charge in [-0.2, -0.15) is 0 Å². The molecule has 0 bridgehead atoms. The Balaban J connectivity index is 1.92. The summed E-state index contributed by atoms with van der Waals surface area (Å²) < 4.78 is 5.76. The first-order valence-electron chi connectivity index (χ1n) is 8.37. The van der Waals surface area contributed by atoms with Crippen LogP contribution in [0.4, 0.5) is 0 Å². The summed E-state index contributed by atoms with van der Waals surface area (Å²) in [5, 5.41) is 3.65. The lowest BCUT2D eigenvalue weighted by Gasteiger charge is -2.33. The van der Waals surface area contributed by atoms with Gasteiger partial charge in [0, 0.05) is 25.7 Å². The molecule has 1 aromatic rings. The van der Waals surface area contributed by atoms with Crippen molar-refractivity contribution in [3.05, 3.63) is 35.4 Å². The maximum absolute atomic E-state index is 5.76. The van der Waals surface area contributed by atoms with Gasteiger partial charge in [0.05, 0.1) is 12.7 Å². The Morgan fingerprint density at radius 2 is 2.14 bits per heavy atom. The van der Waals surface area contributed by atoms with Gasteiger partial charge in [-0.05, 0) is 37.4 Å². The smallest absolute Gasteiger partial charge is 0.0700 e. The largest absolute Gasteiger partial charge is 0.376 e. The van der Waals surface area contributed by atoms with E-state index in [2.05, 4.69) is 55.3 Å². The maximum Gasteiger partial charge on any atom is 0.0700 e. The molecule has 1 aliphatic rings. The van der Waals surface area contributed by atoms with Crippen LogP contribution in [0.1, 0.15) is 43.9 Å². The second kappa shape index (κ2) is 8.52. The maximum atomic E-state index is 5.76.